The summed E-state index contributed by atoms with van der Waals surface area (Å²) in [5.74, 6) is 0. The van der Waals surface area contributed by atoms with Crippen LogP contribution in [0.4, 0.5) is 0 Å². The van der Waals surface area contributed by atoms with Gasteiger partial charge in [-0.2, -0.15) is 0 Å². The van der Waals surface area contributed by atoms with E-state index in [9.17, 15) is 14.4 Å². The van der Waals surface area contributed by atoms with Gasteiger partial charge in [0.2, 0.25) is 11.6 Å². The Morgan fingerprint density at radius 2 is 1.80 bits per heavy atom. The largest absolute Gasteiger partial charge is 0.364 e. The van der Waals surface area contributed by atoms with Gasteiger partial charge in [-0.1, -0.05) is 0 Å². The molecule has 0 bridgehead atoms. The van der Waals surface area contributed by atoms with Crippen LogP contribution in [0.2, 0.25) is 0 Å². The molecule has 0 amide bonds. The standard InChI is InChI=1S/C7H19N3O4P/c1-5-14-6(8-2)7(9-3,10-4)15(11,12)13/h8-10H,5H2,1-4H3,(H2,11,12,13). The zero-order valence-corrected chi connectivity index (χ0v) is 10.3. The van der Waals surface area contributed by atoms with Gasteiger partial charge in [0.1, 0.15) is 0 Å². The van der Waals surface area contributed by atoms with Crippen LogP contribution >= 0.6 is 7.60 Å². The summed E-state index contributed by atoms with van der Waals surface area (Å²) in [5.41, 5.74) is 0. The average molecular weight is 240 g/mol. The Hall–Kier alpha value is -0.0100. The molecule has 0 saturated heterocycles. The summed E-state index contributed by atoms with van der Waals surface area (Å²) in [4.78, 5) is 18.6. The Bertz CT molecular complexity index is 228. The SMILES string of the molecule is CCO[C](NC)C(NC)(NC)P(=O)(O)O. The third-order valence-corrected chi connectivity index (χ3v) is 3.53. The van der Waals surface area contributed by atoms with E-state index < -0.39 is 13.0 Å². The second kappa shape index (κ2) is 5.91. The molecular formula is C7H19N3O4P. The van der Waals surface area contributed by atoms with E-state index in [4.69, 9.17) is 4.74 Å². The molecule has 0 aliphatic rings. The van der Waals surface area contributed by atoms with Crippen molar-refractivity contribution in [3.63, 3.8) is 0 Å². The molecule has 0 rings (SSSR count). The van der Waals surface area contributed by atoms with Crippen LogP contribution in [-0.2, 0) is 9.30 Å². The molecule has 15 heavy (non-hydrogen) atoms. The summed E-state index contributed by atoms with van der Waals surface area (Å²) < 4.78 is 16.6. The summed E-state index contributed by atoms with van der Waals surface area (Å²) in [7, 11) is -0.0512. The van der Waals surface area contributed by atoms with Crippen LogP contribution in [0.5, 0.6) is 0 Å². The van der Waals surface area contributed by atoms with Gasteiger partial charge in [0.15, 0.2) is 0 Å². The monoisotopic (exact) mass is 240 g/mol. The van der Waals surface area contributed by atoms with Gasteiger partial charge in [-0.05, 0) is 28.1 Å². The number of likely N-dealkylation sites (N-methyl/N-ethyl adjacent to an activating group) is 3. The maximum absolute atomic E-state index is 11.4. The fourth-order valence-electron chi connectivity index (χ4n) is 1.28. The second-order valence-electron chi connectivity index (χ2n) is 2.77. The summed E-state index contributed by atoms with van der Waals surface area (Å²) in [6, 6.07) is 0. The van der Waals surface area contributed by atoms with Gasteiger partial charge in [0.25, 0.3) is 0 Å². The minimum atomic E-state index is -4.46. The van der Waals surface area contributed by atoms with Crippen molar-refractivity contribution in [3.8, 4) is 0 Å². The minimum absolute atomic E-state index is 0.0586. The highest BCUT2D eigenvalue weighted by atomic mass is 31.2. The van der Waals surface area contributed by atoms with Gasteiger partial charge in [-0.25, -0.2) is 0 Å². The molecule has 0 atom stereocenters. The van der Waals surface area contributed by atoms with E-state index in [2.05, 4.69) is 16.0 Å². The molecule has 5 N–H and O–H groups in total. The summed E-state index contributed by atoms with van der Waals surface area (Å²) in [6.45, 7) is 2.04. The second-order valence-corrected chi connectivity index (χ2v) is 4.53. The van der Waals surface area contributed by atoms with Crippen LogP contribution in [0, 0.1) is 6.23 Å². The Kier molecular flexibility index (Phi) is 5.90. The number of ether oxygens (including phenoxy) is 1. The zero-order chi connectivity index (χ0) is 12.1. The Morgan fingerprint density at radius 3 is 2.00 bits per heavy atom. The highest BCUT2D eigenvalue weighted by Gasteiger charge is 2.52. The van der Waals surface area contributed by atoms with Crippen molar-refractivity contribution in [2.75, 3.05) is 27.7 Å². The Labute approximate surface area is 89.7 Å². The third-order valence-electron chi connectivity index (χ3n) is 2.00. The lowest BCUT2D eigenvalue weighted by Crippen LogP contribution is -2.61. The smallest absolute Gasteiger partial charge is 0.353 e. The fraction of sp³-hybridized carbons (Fsp3) is 0.857. The van der Waals surface area contributed by atoms with E-state index in [0.717, 1.165) is 0 Å². The van der Waals surface area contributed by atoms with Gasteiger partial charge in [-0.15, -0.1) is 0 Å². The van der Waals surface area contributed by atoms with Crippen molar-refractivity contribution in [3.05, 3.63) is 6.23 Å². The molecule has 1 radical (unpaired) electrons. The molecule has 91 valence electrons. The third kappa shape index (κ3) is 2.98. The molecule has 0 fully saturated rings. The van der Waals surface area contributed by atoms with Gasteiger partial charge in [0.05, 0.1) is 0 Å². The first kappa shape index (κ1) is 15.0. The molecule has 0 aliphatic heterocycles. The van der Waals surface area contributed by atoms with Crippen molar-refractivity contribution in [1.82, 2.24) is 16.0 Å². The van der Waals surface area contributed by atoms with E-state index >= 15 is 0 Å². The fourth-order valence-corrected chi connectivity index (χ4v) is 2.30. The van der Waals surface area contributed by atoms with E-state index in [-0.39, 0.29) is 6.23 Å². The van der Waals surface area contributed by atoms with Gasteiger partial charge >= 0.3 is 7.60 Å². The lowest BCUT2D eigenvalue weighted by molar-refractivity contribution is 0.0756. The van der Waals surface area contributed by atoms with Crippen molar-refractivity contribution < 1.29 is 19.1 Å². The molecule has 8 heteroatoms. The first-order chi connectivity index (χ1) is 6.89. The van der Waals surface area contributed by atoms with Crippen LogP contribution in [-0.4, -0.2) is 42.9 Å². The highest BCUT2D eigenvalue weighted by molar-refractivity contribution is 7.53. The summed E-state index contributed by atoms with van der Waals surface area (Å²) in [5, 5.41) is 6.00. The molecule has 0 unspecified atom stereocenters. The van der Waals surface area contributed by atoms with Gasteiger partial charge in [0, 0.05) is 6.61 Å². The van der Waals surface area contributed by atoms with Gasteiger partial charge < -0.3 is 14.5 Å². The number of rotatable bonds is 7. The Morgan fingerprint density at radius 1 is 1.33 bits per heavy atom. The first-order valence-corrected chi connectivity index (χ1v) is 6.12. The average Bonchev–Trinajstić information content (AvgIpc) is 2.16. The molecule has 0 aliphatic carbocycles. The maximum Gasteiger partial charge on any atom is 0.364 e. The molecule has 0 spiro atoms. The van der Waals surface area contributed by atoms with Crippen molar-refractivity contribution in [2.45, 2.75) is 12.3 Å². The first-order valence-electron chi connectivity index (χ1n) is 4.51. The maximum atomic E-state index is 11.4. The summed E-state index contributed by atoms with van der Waals surface area (Å²) in [6.07, 6.45) is 0.0586. The van der Waals surface area contributed by atoms with E-state index in [1.54, 1.807) is 6.92 Å². The molecule has 0 heterocycles. The molecule has 0 saturated carbocycles. The highest BCUT2D eigenvalue weighted by Crippen LogP contribution is 2.50. The van der Waals surface area contributed by atoms with E-state index in [1.807, 2.05) is 0 Å². The molecule has 0 aromatic heterocycles. The topological polar surface area (TPSA) is 103 Å². The number of hydrogen-bond donors (Lipinski definition) is 5. The Balaban J connectivity index is 5.14. The molecule has 7 nitrogen and oxygen atoms in total. The van der Waals surface area contributed by atoms with Crippen LogP contribution in [0.25, 0.3) is 0 Å². The molecule has 0 aromatic rings. The normalized spacial score (nSPS) is 13.5. The zero-order valence-electron chi connectivity index (χ0n) is 9.37. The van der Waals surface area contributed by atoms with E-state index in [0.29, 0.717) is 6.61 Å². The molecule has 0 aromatic carbocycles. The summed E-state index contributed by atoms with van der Waals surface area (Å²) >= 11 is 0. The number of hydrogen-bond acceptors (Lipinski definition) is 5. The van der Waals surface area contributed by atoms with Crippen LogP contribution < -0.4 is 16.0 Å². The lowest BCUT2D eigenvalue weighted by atomic mass is 10.4. The van der Waals surface area contributed by atoms with Crippen LogP contribution in [0.15, 0.2) is 0 Å². The van der Waals surface area contributed by atoms with Crippen molar-refractivity contribution in [2.24, 2.45) is 0 Å². The number of nitrogens with one attached hydrogen (secondary N) is 3. The van der Waals surface area contributed by atoms with Crippen molar-refractivity contribution in [1.29, 1.82) is 0 Å². The van der Waals surface area contributed by atoms with Crippen LogP contribution in [0.1, 0.15) is 6.92 Å². The molecular weight excluding hydrogens is 221 g/mol. The van der Waals surface area contributed by atoms with E-state index in [1.165, 1.54) is 21.1 Å². The van der Waals surface area contributed by atoms with Crippen molar-refractivity contribution >= 4 is 7.60 Å². The predicted molar refractivity (Wildman–Crippen MR) is 56.8 cm³/mol. The minimum Gasteiger partial charge on any atom is -0.353 e. The van der Waals surface area contributed by atoms with Crippen LogP contribution in [0.3, 0.4) is 0 Å². The van der Waals surface area contributed by atoms with Gasteiger partial charge in [-0.3, -0.25) is 20.5 Å². The lowest BCUT2D eigenvalue weighted by Gasteiger charge is -2.38. The quantitative estimate of drug-likeness (QED) is 0.287. The predicted octanol–water partition coefficient (Wildman–Crippen LogP) is -0.998.